The number of imide groups is 1. The number of ether oxygens (including phenoxy) is 1. The van der Waals surface area contributed by atoms with Crippen LogP contribution < -0.4 is 31.9 Å². The summed E-state index contributed by atoms with van der Waals surface area (Å²) in [5.41, 5.74) is 10.1. The number of halogens is 2. The molecule has 0 spiro atoms. The second kappa shape index (κ2) is 17.0. The highest BCUT2D eigenvalue weighted by molar-refractivity contribution is 8.15. The molecule has 2 aliphatic rings. The molecule has 0 radical (unpaired) electrons. The minimum atomic E-state index is -0.400. The van der Waals surface area contributed by atoms with Gasteiger partial charge >= 0.3 is 5.69 Å². The van der Waals surface area contributed by atoms with Crippen LogP contribution in [-0.4, -0.2) is 60.8 Å². The van der Waals surface area contributed by atoms with Gasteiger partial charge in [-0.3, -0.25) is 33.8 Å². The van der Waals surface area contributed by atoms with Crippen LogP contribution >= 0.6 is 23.4 Å². The third kappa shape index (κ3) is 8.88. The maximum atomic E-state index is 13.9. The molecule has 2 aromatic carbocycles. The number of fused-ring (bicyclic) bond motifs is 1. The highest BCUT2D eigenvalue weighted by atomic mass is 35.5. The van der Waals surface area contributed by atoms with Crippen molar-refractivity contribution in [3.63, 3.8) is 0 Å². The van der Waals surface area contributed by atoms with Gasteiger partial charge in [-0.2, -0.15) is 0 Å². The molecule has 5 heterocycles. The van der Waals surface area contributed by atoms with E-state index in [-0.39, 0.29) is 29.0 Å². The number of benzene rings is 2. The SMILES string of the molecule is CCc1ccc(CCOc2ccc(CC3SC(=O)NC3=O)cc2)nc1.Cn1c(=O)c2c(cc(N3CCC[C@@H](N)C3)n2Cc2cc(F)ccc2Cl)n(C)c1=O. The second-order valence-corrected chi connectivity index (χ2v) is 15.0. The van der Waals surface area contributed by atoms with E-state index in [2.05, 4.69) is 28.2 Å². The van der Waals surface area contributed by atoms with Gasteiger partial charge in [-0.05, 0) is 78.8 Å². The maximum Gasteiger partial charge on any atom is 0.331 e. The van der Waals surface area contributed by atoms with Crippen LogP contribution in [-0.2, 0) is 44.7 Å². The minimum Gasteiger partial charge on any atom is -0.493 e. The molecule has 3 aromatic heterocycles. The Balaban J connectivity index is 0.000000186. The van der Waals surface area contributed by atoms with E-state index in [1.807, 2.05) is 47.2 Å². The standard InChI is InChI=1S/C20H23ClFN5O2.C19H20N2O3S/c1-24-16-9-17(26-7-3-4-14(23)11-26)27(18(16)19(28)25(2)20(24)29)10-12-8-13(22)5-6-15(12)21;1-2-13-3-6-15(20-12-13)9-10-24-16-7-4-14(5-8-16)11-17-18(22)21-19(23)25-17/h5-6,8-9,14H,3-4,7,10-11,23H2,1-2H3;3-8,12,17H,2,9-11H2,1H3,(H,21,22,23)/t14-;/m1./s1. The average Bonchev–Trinajstić information content (AvgIpc) is 3.70. The Morgan fingerprint density at radius 1 is 1.02 bits per heavy atom. The van der Waals surface area contributed by atoms with Gasteiger partial charge in [0.1, 0.15) is 22.9 Å². The van der Waals surface area contributed by atoms with E-state index in [0.717, 1.165) is 71.4 Å². The fourth-order valence-electron chi connectivity index (χ4n) is 6.60. The quantitative estimate of drug-likeness (QED) is 0.201. The number of rotatable bonds is 10. The number of amides is 2. The zero-order chi connectivity index (χ0) is 38.5. The van der Waals surface area contributed by atoms with Crippen molar-refractivity contribution in [2.24, 2.45) is 19.8 Å². The first kappa shape index (κ1) is 38.8. The molecule has 15 heteroatoms. The number of hydrogen-bond donors (Lipinski definition) is 2. The zero-order valence-electron chi connectivity index (χ0n) is 30.4. The average molecular weight is 776 g/mol. The molecule has 5 aromatic rings. The largest absolute Gasteiger partial charge is 0.493 e. The lowest BCUT2D eigenvalue weighted by atomic mass is 10.1. The Morgan fingerprint density at radius 2 is 1.78 bits per heavy atom. The molecule has 12 nitrogen and oxygen atoms in total. The summed E-state index contributed by atoms with van der Waals surface area (Å²) in [4.78, 5) is 54.7. The normalized spacial score (nSPS) is 17.0. The lowest BCUT2D eigenvalue weighted by Crippen LogP contribution is -2.43. The third-order valence-electron chi connectivity index (χ3n) is 9.65. The molecule has 1 unspecified atom stereocenters. The third-order valence-corrected chi connectivity index (χ3v) is 11.0. The summed E-state index contributed by atoms with van der Waals surface area (Å²) < 4.78 is 24.0. The summed E-state index contributed by atoms with van der Waals surface area (Å²) in [6, 6.07) is 17.8. The molecule has 7 rings (SSSR count). The van der Waals surface area contributed by atoms with E-state index in [4.69, 9.17) is 22.1 Å². The zero-order valence-corrected chi connectivity index (χ0v) is 32.0. The summed E-state index contributed by atoms with van der Waals surface area (Å²) in [6.45, 7) is 4.30. The second-order valence-electron chi connectivity index (χ2n) is 13.5. The van der Waals surface area contributed by atoms with Crippen molar-refractivity contribution in [3.8, 4) is 5.75 Å². The molecular weight excluding hydrogens is 733 g/mol. The van der Waals surface area contributed by atoms with Gasteiger partial charge in [-0.1, -0.05) is 48.5 Å². The van der Waals surface area contributed by atoms with Gasteiger partial charge in [-0.15, -0.1) is 0 Å². The minimum absolute atomic E-state index is 0.0274. The Kier molecular flexibility index (Phi) is 12.2. The van der Waals surface area contributed by atoms with Gasteiger partial charge in [0.2, 0.25) is 5.91 Å². The molecule has 2 aliphatic heterocycles. The van der Waals surface area contributed by atoms with E-state index >= 15 is 0 Å². The number of carbonyl (C=O) groups excluding carboxylic acids is 2. The summed E-state index contributed by atoms with van der Waals surface area (Å²) in [5.74, 6) is 0.946. The number of anilines is 1. The van der Waals surface area contributed by atoms with Crippen LogP contribution in [0, 0.1) is 5.82 Å². The molecule has 0 saturated carbocycles. The maximum absolute atomic E-state index is 13.9. The van der Waals surface area contributed by atoms with E-state index in [0.29, 0.717) is 41.2 Å². The van der Waals surface area contributed by atoms with Crippen molar-refractivity contribution in [3.05, 3.63) is 121 Å². The number of pyridine rings is 1. The van der Waals surface area contributed by atoms with Crippen LogP contribution in [0.15, 0.2) is 76.4 Å². The van der Waals surface area contributed by atoms with Crippen molar-refractivity contribution >= 4 is 51.4 Å². The number of piperidine rings is 1. The fraction of sp³-hybridized carbons (Fsp3) is 0.359. The van der Waals surface area contributed by atoms with Crippen molar-refractivity contribution in [1.29, 1.82) is 0 Å². The number of thioether (sulfide) groups is 1. The molecule has 0 bridgehead atoms. The van der Waals surface area contributed by atoms with E-state index in [1.165, 1.54) is 35.4 Å². The summed E-state index contributed by atoms with van der Waals surface area (Å²) >= 11 is 7.35. The number of nitrogens with zero attached hydrogens (tertiary/aromatic N) is 5. The summed E-state index contributed by atoms with van der Waals surface area (Å²) in [5, 5.41) is 2.11. The van der Waals surface area contributed by atoms with Crippen LogP contribution in [0.3, 0.4) is 0 Å². The molecule has 2 fully saturated rings. The van der Waals surface area contributed by atoms with Crippen molar-refractivity contribution in [1.82, 2.24) is 24.0 Å². The highest BCUT2D eigenvalue weighted by Gasteiger charge is 2.31. The van der Waals surface area contributed by atoms with Crippen LogP contribution in [0.5, 0.6) is 5.75 Å². The molecule has 2 saturated heterocycles. The Bertz CT molecular complexity index is 2270. The fourth-order valence-corrected chi connectivity index (χ4v) is 7.64. The highest BCUT2D eigenvalue weighted by Crippen LogP contribution is 2.29. The lowest BCUT2D eigenvalue weighted by Gasteiger charge is -2.33. The number of nitrogens with one attached hydrogen (secondary N) is 1. The van der Waals surface area contributed by atoms with Gasteiger partial charge in [0.15, 0.2) is 0 Å². The van der Waals surface area contributed by atoms with Gasteiger partial charge in [0.05, 0.1) is 23.9 Å². The van der Waals surface area contributed by atoms with Crippen LogP contribution in [0.25, 0.3) is 11.0 Å². The monoisotopic (exact) mass is 775 g/mol. The molecule has 284 valence electrons. The lowest BCUT2D eigenvalue weighted by molar-refractivity contribution is -0.118. The topological polar surface area (TPSA) is 146 Å². The van der Waals surface area contributed by atoms with Gasteiger partial charge in [0, 0.05) is 62.6 Å². The number of aromatic nitrogens is 4. The smallest absolute Gasteiger partial charge is 0.331 e. The molecule has 3 N–H and O–H groups in total. The number of nitrogens with two attached hydrogens (primary N) is 1. The molecular formula is C39H43ClFN7O5S. The van der Waals surface area contributed by atoms with Crippen LogP contribution in [0.1, 0.15) is 42.1 Å². The Morgan fingerprint density at radius 3 is 2.44 bits per heavy atom. The predicted molar refractivity (Wildman–Crippen MR) is 210 cm³/mol. The van der Waals surface area contributed by atoms with E-state index in [9.17, 15) is 23.6 Å². The Hall–Kier alpha value is -4.92. The molecule has 54 heavy (non-hydrogen) atoms. The van der Waals surface area contributed by atoms with E-state index < -0.39 is 17.1 Å². The number of aryl methyl sites for hydroxylation is 2. The molecule has 2 amide bonds. The van der Waals surface area contributed by atoms with Crippen LogP contribution in [0.2, 0.25) is 5.02 Å². The van der Waals surface area contributed by atoms with Crippen molar-refractivity contribution < 1.29 is 18.7 Å². The van der Waals surface area contributed by atoms with Gasteiger partial charge in [0.25, 0.3) is 10.8 Å². The Labute approximate surface area is 321 Å². The van der Waals surface area contributed by atoms with Crippen molar-refractivity contribution in [2.75, 3.05) is 24.6 Å². The number of hydrogen-bond acceptors (Lipinski definition) is 9. The molecule has 2 atom stereocenters. The van der Waals surface area contributed by atoms with E-state index in [1.54, 1.807) is 7.05 Å². The van der Waals surface area contributed by atoms with Crippen molar-refractivity contribution in [2.45, 2.75) is 56.9 Å². The first-order valence-corrected chi connectivity index (χ1v) is 19.1. The summed E-state index contributed by atoms with van der Waals surface area (Å²) in [6.07, 6.45) is 6.06. The molecule has 0 aliphatic carbocycles. The van der Waals surface area contributed by atoms with Crippen LogP contribution in [0.4, 0.5) is 15.0 Å². The first-order chi connectivity index (χ1) is 25.9. The number of carbonyl (C=O) groups is 2. The van der Waals surface area contributed by atoms with Gasteiger partial charge < -0.3 is 19.9 Å². The van der Waals surface area contributed by atoms with Gasteiger partial charge in [-0.25, -0.2) is 9.18 Å². The summed E-state index contributed by atoms with van der Waals surface area (Å²) in [7, 11) is 3.09. The first-order valence-electron chi connectivity index (χ1n) is 17.8. The predicted octanol–water partition coefficient (Wildman–Crippen LogP) is 4.97.